The van der Waals surface area contributed by atoms with Gasteiger partial charge in [0.25, 0.3) is 11.6 Å². The maximum absolute atomic E-state index is 12.7. The highest BCUT2D eigenvalue weighted by Crippen LogP contribution is 2.23. The Hall–Kier alpha value is -3.07. The van der Waals surface area contributed by atoms with Crippen LogP contribution in [0.5, 0.6) is 5.75 Å². The van der Waals surface area contributed by atoms with Crippen molar-refractivity contribution in [3.8, 4) is 5.75 Å². The first-order chi connectivity index (χ1) is 13.4. The molecular formula is C19H19F2N3O4. The van der Waals surface area contributed by atoms with Crippen molar-refractivity contribution in [2.75, 3.05) is 26.2 Å². The molecule has 3 rings (SSSR count). The van der Waals surface area contributed by atoms with Crippen molar-refractivity contribution in [3.05, 3.63) is 69.8 Å². The fraction of sp³-hybridized carbons (Fsp3) is 0.316. The van der Waals surface area contributed by atoms with E-state index in [1.54, 1.807) is 23.1 Å². The number of alkyl halides is 2. The second-order valence-corrected chi connectivity index (χ2v) is 6.37. The molecule has 0 bridgehead atoms. The van der Waals surface area contributed by atoms with Crippen LogP contribution in [0.25, 0.3) is 0 Å². The fourth-order valence-electron chi connectivity index (χ4n) is 3.10. The molecule has 0 atom stereocenters. The first-order valence-electron chi connectivity index (χ1n) is 8.73. The molecular weight excluding hydrogens is 372 g/mol. The van der Waals surface area contributed by atoms with Gasteiger partial charge in [0.1, 0.15) is 5.75 Å². The lowest BCUT2D eigenvalue weighted by molar-refractivity contribution is -0.384. The van der Waals surface area contributed by atoms with Gasteiger partial charge in [0.2, 0.25) is 0 Å². The van der Waals surface area contributed by atoms with Crippen molar-refractivity contribution in [2.45, 2.75) is 13.2 Å². The Morgan fingerprint density at radius 3 is 2.32 bits per heavy atom. The number of nitrogens with zero attached hydrogens (tertiary/aromatic N) is 3. The molecule has 9 heteroatoms. The molecule has 0 aromatic heterocycles. The molecule has 1 aliphatic heterocycles. The first-order valence-corrected chi connectivity index (χ1v) is 8.73. The largest absolute Gasteiger partial charge is 0.434 e. The first kappa shape index (κ1) is 19.7. The zero-order valence-electron chi connectivity index (χ0n) is 15.0. The lowest BCUT2D eigenvalue weighted by Crippen LogP contribution is -2.48. The molecule has 0 spiro atoms. The molecule has 2 aromatic rings. The van der Waals surface area contributed by atoms with Crippen LogP contribution in [-0.4, -0.2) is 53.4 Å². The number of para-hydroxylation sites is 1. The van der Waals surface area contributed by atoms with Crippen LogP contribution in [0.1, 0.15) is 15.9 Å². The predicted molar refractivity (Wildman–Crippen MR) is 97.4 cm³/mol. The van der Waals surface area contributed by atoms with E-state index in [0.29, 0.717) is 32.7 Å². The van der Waals surface area contributed by atoms with Crippen molar-refractivity contribution in [3.63, 3.8) is 0 Å². The lowest BCUT2D eigenvalue weighted by atomic mass is 10.1. The van der Waals surface area contributed by atoms with Crippen LogP contribution in [0, 0.1) is 10.1 Å². The molecule has 0 saturated carbocycles. The zero-order valence-corrected chi connectivity index (χ0v) is 15.0. The van der Waals surface area contributed by atoms with E-state index >= 15 is 0 Å². The zero-order chi connectivity index (χ0) is 20.1. The summed E-state index contributed by atoms with van der Waals surface area (Å²) in [4.78, 5) is 26.7. The Bertz CT molecular complexity index is 837. The number of benzene rings is 2. The standard InChI is InChI=1S/C19H19F2N3O4/c20-19(21)28-17-4-2-1-3-16(17)18(25)23-11-9-22(10-12-23)13-14-5-7-15(8-6-14)24(26)27/h1-8,19H,9-13H2. The van der Waals surface area contributed by atoms with Gasteiger partial charge in [-0.1, -0.05) is 24.3 Å². The molecule has 1 amide bonds. The topological polar surface area (TPSA) is 75.9 Å². The third kappa shape index (κ3) is 4.80. The quantitative estimate of drug-likeness (QED) is 0.559. The molecule has 0 unspecified atom stereocenters. The minimum absolute atomic E-state index is 0.0452. The second kappa shape index (κ2) is 8.75. The number of hydrogen-bond donors (Lipinski definition) is 0. The number of ether oxygens (including phenoxy) is 1. The summed E-state index contributed by atoms with van der Waals surface area (Å²) in [6, 6.07) is 12.3. The van der Waals surface area contributed by atoms with Crippen molar-refractivity contribution in [1.82, 2.24) is 9.80 Å². The molecule has 148 valence electrons. The molecule has 1 fully saturated rings. The Morgan fingerprint density at radius 2 is 1.71 bits per heavy atom. The number of carbonyl (C=O) groups excluding carboxylic acids is 1. The average Bonchev–Trinajstić information content (AvgIpc) is 2.68. The third-order valence-electron chi connectivity index (χ3n) is 4.55. The molecule has 7 nitrogen and oxygen atoms in total. The van der Waals surface area contributed by atoms with Crippen molar-refractivity contribution in [1.29, 1.82) is 0 Å². The lowest BCUT2D eigenvalue weighted by Gasteiger charge is -2.35. The highest BCUT2D eigenvalue weighted by molar-refractivity contribution is 5.97. The minimum atomic E-state index is -2.99. The van der Waals surface area contributed by atoms with Crippen LogP contribution in [-0.2, 0) is 6.54 Å². The van der Waals surface area contributed by atoms with Crippen LogP contribution in [0.4, 0.5) is 14.5 Å². The monoisotopic (exact) mass is 391 g/mol. The van der Waals surface area contributed by atoms with Crippen molar-refractivity contribution >= 4 is 11.6 Å². The number of hydrogen-bond acceptors (Lipinski definition) is 5. The van der Waals surface area contributed by atoms with Crippen molar-refractivity contribution < 1.29 is 23.2 Å². The van der Waals surface area contributed by atoms with Gasteiger partial charge in [0.15, 0.2) is 0 Å². The van der Waals surface area contributed by atoms with E-state index in [4.69, 9.17) is 0 Å². The number of carbonyl (C=O) groups is 1. The normalized spacial score (nSPS) is 14.9. The molecule has 0 radical (unpaired) electrons. The third-order valence-corrected chi connectivity index (χ3v) is 4.55. The summed E-state index contributed by atoms with van der Waals surface area (Å²) in [6.07, 6.45) is 0. The van der Waals surface area contributed by atoms with Crippen molar-refractivity contribution in [2.24, 2.45) is 0 Å². The Balaban J connectivity index is 1.58. The highest BCUT2D eigenvalue weighted by atomic mass is 19.3. The van der Waals surface area contributed by atoms with E-state index in [9.17, 15) is 23.7 Å². The Morgan fingerprint density at radius 1 is 1.07 bits per heavy atom. The summed E-state index contributed by atoms with van der Waals surface area (Å²) in [7, 11) is 0. The molecule has 2 aromatic carbocycles. The van der Waals surface area contributed by atoms with Gasteiger partial charge < -0.3 is 9.64 Å². The van der Waals surface area contributed by atoms with Gasteiger partial charge in [-0.05, 0) is 17.7 Å². The number of non-ortho nitro benzene ring substituents is 1. The van der Waals surface area contributed by atoms with Crippen LogP contribution >= 0.6 is 0 Å². The van der Waals surface area contributed by atoms with E-state index in [1.807, 2.05) is 0 Å². The van der Waals surface area contributed by atoms with E-state index in [0.717, 1.165) is 5.56 Å². The fourth-order valence-corrected chi connectivity index (χ4v) is 3.10. The summed E-state index contributed by atoms with van der Waals surface area (Å²) in [5.41, 5.74) is 1.11. The summed E-state index contributed by atoms with van der Waals surface area (Å²) in [5.74, 6) is -0.470. The van der Waals surface area contributed by atoms with Gasteiger partial charge in [-0.15, -0.1) is 0 Å². The summed E-state index contributed by atoms with van der Waals surface area (Å²) >= 11 is 0. The molecule has 1 aliphatic rings. The van der Waals surface area contributed by atoms with Crippen LogP contribution < -0.4 is 4.74 Å². The summed E-state index contributed by atoms with van der Waals surface area (Å²) in [6.45, 7) is -0.247. The van der Waals surface area contributed by atoms with Gasteiger partial charge in [-0.2, -0.15) is 8.78 Å². The number of nitro benzene ring substituents is 1. The van der Waals surface area contributed by atoms with E-state index < -0.39 is 11.5 Å². The van der Waals surface area contributed by atoms with E-state index in [-0.39, 0.29) is 22.9 Å². The number of piperazine rings is 1. The van der Waals surface area contributed by atoms with Gasteiger partial charge in [-0.25, -0.2) is 0 Å². The average molecular weight is 391 g/mol. The van der Waals surface area contributed by atoms with Crippen LogP contribution in [0.3, 0.4) is 0 Å². The maximum Gasteiger partial charge on any atom is 0.387 e. The Kier molecular flexibility index (Phi) is 6.15. The molecule has 1 heterocycles. The van der Waals surface area contributed by atoms with Gasteiger partial charge in [-0.3, -0.25) is 19.8 Å². The van der Waals surface area contributed by atoms with E-state index in [1.165, 1.54) is 30.3 Å². The number of amides is 1. The number of halogens is 2. The molecule has 0 aliphatic carbocycles. The minimum Gasteiger partial charge on any atom is -0.434 e. The second-order valence-electron chi connectivity index (χ2n) is 6.37. The molecule has 28 heavy (non-hydrogen) atoms. The van der Waals surface area contributed by atoms with Gasteiger partial charge in [0.05, 0.1) is 10.5 Å². The number of nitro groups is 1. The van der Waals surface area contributed by atoms with Crippen LogP contribution in [0.2, 0.25) is 0 Å². The number of rotatable bonds is 6. The highest BCUT2D eigenvalue weighted by Gasteiger charge is 2.25. The van der Waals surface area contributed by atoms with Crippen LogP contribution in [0.15, 0.2) is 48.5 Å². The molecule has 0 N–H and O–H groups in total. The maximum atomic E-state index is 12.7. The predicted octanol–water partition coefficient (Wildman–Crippen LogP) is 3.15. The Labute approximate surface area is 160 Å². The van der Waals surface area contributed by atoms with Gasteiger partial charge >= 0.3 is 6.61 Å². The smallest absolute Gasteiger partial charge is 0.387 e. The summed E-state index contributed by atoms with van der Waals surface area (Å²) < 4.78 is 29.5. The summed E-state index contributed by atoms with van der Waals surface area (Å²) in [5, 5.41) is 10.7. The van der Waals surface area contributed by atoms with Gasteiger partial charge in [0, 0.05) is 44.9 Å². The molecule has 1 saturated heterocycles. The SMILES string of the molecule is O=C(c1ccccc1OC(F)F)N1CCN(Cc2ccc([N+](=O)[O-])cc2)CC1. The van der Waals surface area contributed by atoms with E-state index in [2.05, 4.69) is 9.64 Å².